The fourth-order valence-electron chi connectivity index (χ4n) is 2.75. The van der Waals surface area contributed by atoms with E-state index in [1.54, 1.807) is 24.3 Å². The highest BCUT2D eigenvalue weighted by molar-refractivity contribution is 7.92. The van der Waals surface area contributed by atoms with E-state index in [9.17, 15) is 13.2 Å². The molecule has 0 radical (unpaired) electrons. The summed E-state index contributed by atoms with van der Waals surface area (Å²) in [5, 5.41) is 0.312. The molecule has 0 amide bonds. The predicted octanol–water partition coefficient (Wildman–Crippen LogP) is 3.75. The minimum atomic E-state index is -3.57. The van der Waals surface area contributed by atoms with Gasteiger partial charge < -0.3 is 4.79 Å². The fraction of sp³-hybridized carbons (Fsp3) is 0.188. The lowest BCUT2D eigenvalue weighted by Crippen LogP contribution is -2.10. The summed E-state index contributed by atoms with van der Waals surface area (Å²) in [6, 6.07) is 12.9. The second kappa shape index (κ2) is 5.69. The van der Waals surface area contributed by atoms with Gasteiger partial charge in [0.1, 0.15) is 6.29 Å². The highest BCUT2D eigenvalue weighted by Crippen LogP contribution is 2.52. The van der Waals surface area contributed by atoms with Crippen LogP contribution in [-0.4, -0.2) is 20.0 Å². The first-order valence-corrected chi connectivity index (χ1v) is 8.95. The van der Waals surface area contributed by atoms with E-state index in [0.29, 0.717) is 10.0 Å². The molecule has 0 heterocycles. The van der Waals surface area contributed by atoms with Crippen LogP contribution in [-0.2, 0) is 14.6 Å². The van der Waals surface area contributed by atoms with Crippen molar-refractivity contribution in [3.05, 3.63) is 64.1 Å². The van der Waals surface area contributed by atoms with E-state index in [1.165, 1.54) is 24.3 Å². The highest BCUT2D eigenvalue weighted by atomic mass is 35.5. The lowest BCUT2D eigenvalue weighted by Gasteiger charge is -2.04. The van der Waals surface area contributed by atoms with Crippen LogP contribution in [0.25, 0.3) is 0 Å². The molecule has 0 unspecified atom stereocenters. The number of halogens is 2. The van der Waals surface area contributed by atoms with Crippen molar-refractivity contribution in [3.8, 4) is 0 Å². The molecular formula is C16H12Cl2O3S. The number of sulfone groups is 1. The SMILES string of the molecule is O=C[C@@H]1[C@@H](c2ccc(Cl)cc2)[C@@H]1S(=O)(=O)c1ccc(Cl)cc1. The molecule has 0 saturated heterocycles. The highest BCUT2D eigenvalue weighted by Gasteiger charge is 2.58. The summed E-state index contributed by atoms with van der Waals surface area (Å²) < 4.78 is 25.4. The summed E-state index contributed by atoms with van der Waals surface area (Å²) in [5.74, 6) is -0.850. The topological polar surface area (TPSA) is 51.2 Å². The molecule has 114 valence electrons. The maximum atomic E-state index is 12.7. The summed E-state index contributed by atoms with van der Waals surface area (Å²) in [7, 11) is -3.57. The van der Waals surface area contributed by atoms with Crippen LogP contribution in [0, 0.1) is 5.92 Å². The minimum absolute atomic E-state index is 0.185. The molecule has 1 aliphatic carbocycles. The van der Waals surface area contributed by atoms with Crippen molar-refractivity contribution in [1.29, 1.82) is 0 Å². The Morgan fingerprint density at radius 2 is 1.36 bits per heavy atom. The largest absolute Gasteiger partial charge is 0.303 e. The third-order valence-corrected chi connectivity index (χ3v) is 6.68. The zero-order valence-electron chi connectivity index (χ0n) is 11.3. The molecule has 3 nitrogen and oxygen atoms in total. The van der Waals surface area contributed by atoms with E-state index < -0.39 is 21.0 Å². The van der Waals surface area contributed by atoms with Crippen molar-refractivity contribution < 1.29 is 13.2 Å². The second-order valence-electron chi connectivity index (χ2n) is 5.25. The van der Waals surface area contributed by atoms with Gasteiger partial charge in [-0.1, -0.05) is 35.3 Å². The summed E-state index contributed by atoms with van der Waals surface area (Å²) in [6.07, 6.45) is 0.720. The first-order chi connectivity index (χ1) is 10.4. The van der Waals surface area contributed by atoms with Crippen molar-refractivity contribution in [2.24, 2.45) is 5.92 Å². The second-order valence-corrected chi connectivity index (χ2v) is 8.23. The van der Waals surface area contributed by atoms with Gasteiger partial charge in [0.15, 0.2) is 9.84 Å². The van der Waals surface area contributed by atoms with Gasteiger partial charge in [-0.3, -0.25) is 0 Å². The number of hydrogen-bond acceptors (Lipinski definition) is 3. The monoisotopic (exact) mass is 354 g/mol. The maximum absolute atomic E-state index is 12.7. The average molecular weight is 355 g/mol. The normalized spacial score (nSPS) is 24.0. The smallest absolute Gasteiger partial charge is 0.182 e. The number of benzene rings is 2. The lowest BCUT2D eigenvalue weighted by atomic mass is 10.1. The molecule has 1 aliphatic rings. The first-order valence-electron chi connectivity index (χ1n) is 6.65. The molecule has 2 aromatic rings. The van der Waals surface area contributed by atoms with E-state index in [4.69, 9.17) is 23.2 Å². The molecule has 1 saturated carbocycles. The van der Waals surface area contributed by atoms with Gasteiger partial charge >= 0.3 is 0 Å². The minimum Gasteiger partial charge on any atom is -0.303 e. The third-order valence-electron chi connectivity index (χ3n) is 3.92. The molecule has 3 atom stereocenters. The molecular weight excluding hydrogens is 343 g/mol. The fourth-order valence-corrected chi connectivity index (χ4v) is 5.11. The van der Waals surface area contributed by atoms with Crippen LogP contribution in [0.4, 0.5) is 0 Å². The number of rotatable bonds is 4. The summed E-state index contributed by atoms with van der Waals surface area (Å²) in [5.41, 5.74) is 0.809. The van der Waals surface area contributed by atoms with E-state index in [1.807, 2.05) is 0 Å². The van der Waals surface area contributed by atoms with Crippen LogP contribution in [0.15, 0.2) is 53.4 Å². The average Bonchev–Trinajstić information content (AvgIpc) is 3.24. The standard InChI is InChI=1S/C16H12Cl2O3S/c17-11-3-1-10(2-4-11)15-14(9-19)16(15)22(20,21)13-7-5-12(18)6-8-13/h1-9,14-16H/t14-,15-,16-/m1/s1. The molecule has 6 heteroatoms. The van der Waals surface area contributed by atoms with Crippen molar-refractivity contribution in [2.45, 2.75) is 16.1 Å². The number of carbonyl (C=O) groups excluding carboxylic acids is 1. The van der Waals surface area contributed by atoms with Gasteiger partial charge in [-0.25, -0.2) is 8.42 Å². The van der Waals surface area contributed by atoms with Gasteiger partial charge in [0.25, 0.3) is 0 Å². The van der Waals surface area contributed by atoms with Crippen molar-refractivity contribution in [3.63, 3.8) is 0 Å². The van der Waals surface area contributed by atoms with E-state index in [0.717, 1.165) is 11.8 Å². The van der Waals surface area contributed by atoms with Crippen molar-refractivity contribution in [1.82, 2.24) is 0 Å². The summed E-state index contributed by atoms with van der Waals surface area (Å²) in [6.45, 7) is 0. The number of aldehydes is 1. The zero-order chi connectivity index (χ0) is 15.9. The van der Waals surface area contributed by atoms with Crippen LogP contribution in [0.1, 0.15) is 11.5 Å². The van der Waals surface area contributed by atoms with E-state index in [2.05, 4.69) is 0 Å². The molecule has 0 spiro atoms. The number of carbonyl (C=O) groups is 1. The Bertz CT molecular complexity index is 798. The zero-order valence-corrected chi connectivity index (χ0v) is 13.6. The van der Waals surface area contributed by atoms with Gasteiger partial charge in [0.05, 0.1) is 10.1 Å². The molecule has 3 rings (SSSR count). The molecule has 0 bridgehead atoms. The van der Waals surface area contributed by atoms with Crippen LogP contribution in [0.5, 0.6) is 0 Å². The van der Waals surface area contributed by atoms with Crippen molar-refractivity contribution in [2.75, 3.05) is 0 Å². The maximum Gasteiger partial charge on any atom is 0.182 e. The molecule has 0 N–H and O–H groups in total. The van der Waals surface area contributed by atoms with Gasteiger partial charge in [-0.15, -0.1) is 0 Å². The van der Waals surface area contributed by atoms with Gasteiger partial charge in [-0.05, 0) is 42.0 Å². The van der Waals surface area contributed by atoms with Crippen molar-refractivity contribution >= 4 is 39.3 Å². The van der Waals surface area contributed by atoms with Crippen LogP contribution in [0.2, 0.25) is 10.0 Å². The molecule has 0 aromatic heterocycles. The first kappa shape index (κ1) is 15.5. The van der Waals surface area contributed by atoms with E-state index in [-0.39, 0.29) is 10.8 Å². The molecule has 22 heavy (non-hydrogen) atoms. The lowest BCUT2D eigenvalue weighted by molar-refractivity contribution is -0.108. The van der Waals surface area contributed by atoms with E-state index >= 15 is 0 Å². The third kappa shape index (κ3) is 2.67. The number of hydrogen-bond donors (Lipinski definition) is 0. The quantitative estimate of drug-likeness (QED) is 0.785. The van der Waals surface area contributed by atoms with Gasteiger partial charge in [-0.2, -0.15) is 0 Å². The summed E-state index contributed by atoms with van der Waals surface area (Å²) in [4.78, 5) is 11.4. The Labute approximate surface area is 138 Å². The Balaban J connectivity index is 1.95. The van der Waals surface area contributed by atoms with Gasteiger partial charge in [0.2, 0.25) is 0 Å². The predicted molar refractivity (Wildman–Crippen MR) is 86.2 cm³/mol. The molecule has 0 aliphatic heterocycles. The van der Waals surface area contributed by atoms with Crippen LogP contribution < -0.4 is 0 Å². The Kier molecular flexibility index (Phi) is 4.02. The van der Waals surface area contributed by atoms with Gasteiger partial charge in [0, 0.05) is 21.9 Å². The Hall–Kier alpha value is -1.36. The Morgan fingerprint density at radius 1 is 0.864 bits per heavy atom. The van der Waals surface area contributed by atoms with Crippen LogP contribution >= 0.6 is 23.2 Å². The molecule has 1 fully saturated rings. The summed E-state index contributed by atoms with van der Waals surface area (Å²) >= 11 is 11.6. The Morgan fingerprint density at radius 3 is 1.86 bits per heavy atom. The molecule has 2 aromatic carbocycles. The van der Waals surface area contributed by atoms with Crippen LogP contribution in [0.3, 0.4) is 0 Å².